The van der Waals surface area contributed by atoms with Gasteiger partial charge in [-0.2, -0.15) is 0 Å². The third-order valence-corrected chi connectivity index (χ3v) is 4.66. The molecule has 7 heteroatoms. The largest absolute Gasteiger partial charge is 0.497 e. The Hall–Kier alpha value is -3.74. The number of rotatable bonds is 6. The van der Waals surface area contributed by atoms with Crippen molar-refractivity contribution >= 4 is 17.7 Å². The van der Waals surface area contributed by atoms with Gasteiger partial charge in [0.2, 0.25) is 5.91 Å². The molecule has 0 fully saturated rings. The summed E-state index contributed by atoms with van der Waals surface area (Å²) >= 11 is 0. The molecule has 3 rings (SSSR count). The van der Waals surface area contributed by atoms with Gasteiger partial charge < -0.3 is 14.8 Å². The minimum Gasteiger partial charge on any atom is -0.497 e. The van der Waals surface area contributed by atoms with Gasteiger partial charge in [0.25, 0.3) is 5.56 Å². The molecule has 1 aromatic heterocycles. The minimum atomic E-state index is -0.408. The number of para-hydroxylation sites is 1. The van der Waals surface area contributed by atoms with Crippen LogP contribution in [0, 0.1) is 6.92 Å². The molecule has 150 valence electrons. The number of hydrogen-bond acceptors (Lipinski definition) is 4. The molecule has 0 saturated heterocycles. The highest BCUT2D eigenvalue weighted by molar-refractivity contribution is 6.02. The second-order valence-corrected chi connectivity index (χ2v) is 6.37. The van der Waals surface area contributed by atoms with Gasteiger partial charge >= 0.3 is 0 Å². The van der Waals surface area contributed by atoms with E-state index < -0.39 is 5.91 Å². The van der Waals surface area contributed by atoms with Crippen LogP contribution in [0.5, 0.6) is 11.5 Å². The maximum absolute atomic E-state index is 12.9. The van der Waals surface area contributed by atoms with Gasteiger partial charge in [0.1, 0.15) is 17.2 Å². The predicted octanol–water partition coefficient (Wildman–Crippen LogP) is 3.15. The van der Waals surface area contributed by atoms with Crippen LogP contribution < -0.4 is 20.3 Å². The summed E-state index contributed by atoms with van der Waals surface area (Å²) in [7, 11) is 4.89. The molecule has 0 unspecified atom stereocenters. The van der Waals surface area contributed by atoms with Gasteiger partial charge in [-0.05, 0) is 37.3 Å². The van der Waals surface area contributed by atoms with E-state index in [9.17, 15) is 9.59 Å². The Morgan fingerprint density at radius 3 is 2.45 bits per heavy atom. The van der Waals surface area contributed by atoms with Crippen LogP contribution in [0.3, 0.4) is 0 Å². The van der Waals surface area contributed by atoms with E-state index in [1.54, 1.807) is 57.1 Å². The number of hydrogen-bond donors (Lipinski definition) is 1. The summed E-state index contributed by atoms with van der Waals surface area (Å²) in [6.45, 7) is 1.78. The molecule has 1 amide bonds. The Morgan fingerprint density at radius 1 is 1.07 bits per heavy atom. The van der Waals surface area contributed by atoms with Crippen molar-refractivity contribution in [2.45, 2.75) is 6.92 Å². The van der Waals surface area contributed by atoms with Crippen LogP contribution in [0.2, 0.25) is 0 Å². The first kappa shape index (κ1) is 20.0. The highest BCUT2D eigenvalue weighted by atomic mass is 16.5. The molecular weight excluding hydrogens is 370 g/mol. The standard InChI is InChI=1S/C22H23N3O4/c1-15-21(22(27)25(24(15)2)17-8-6-5-7-9-17)23-20(26)13-11-16-10-12-18(28-3)14-19(16)29-4/h5-14H,1-4H3,(H,23,26)/b13-11+. The van der Waals surface area contributed by atoms with Crippen LogP contribution in [-0.4, -0.2) is 29.5 Å². The van der Waals surface area contributed by atoms with Crippen molar-refractivity contribution in [1.82, 2.24) is 9.36 Å². The molecule has 0 radical (unpaired) electrons. The fourth-order valence-electron chi connectivity index (χ4n) is 3.00. The molecule has 7 nitrogen and oxygen atoms in total. The normalized spacial score (nSPS) is 10.9. The van der Waals surface area contributed by atoms with Crippen LogP contribution in [0.1, 0.15) is 11.3 Å². The van der Waals surface area contributed by atoms with Gasteiger partial charge in [0.15, 0.2) is 0 Å². The monoisotopic (exact) mass is 393 g/mol. The first-order chi connectivity index (χ1) is 14.0. The van der Waals surface area contributed by atoms with Crippen molar-refractivity contribution in [2.24, 2.45) is 7.05 Å². The number of nitrogens with one attached hydrogen (secondary N) is 1. The maximum atomic E-state index is 12.9. The van der Waals surface area contributed by atoms with Crippen LogP contribution >= 0.6 is 0 Å². The molecule has 0 aliphatic carbocycles. The Labute approximate surface area is 168 Å². The van der Waals surface area contributed by atoms with Crippen molar-refractivity contribution in [3.8, 4) is 17.2 Å². The topological polar surface area (TPSA) is 74.5 Å². The van der Waals surface area contributed by atoms with Gasteiger partial charge in [-0.3, -0.25) is 14.3 Å². The third-order valence-electron chi connectivity index (χ3n) is 4.66. The van der Waals surface area contributed by atoms with Crippen LogP contribution in [0.25, 0.3) is 11.8 Å². The lowest BCUT2D eigenvalue weighted by Gasteiger charge is -2.07. The summed E-state index contributed by atoms with van der Waals surface area (Å²) in [6, 6.07) is 14.6. The van der Waals surface area contributed by atoms with Crippen LogP contribution in [-0.2, 0) is 11.8 Å². The molecule has 0 saturated carbocycles. The summed E-state index contributed by atoms with van der Waals surface area (Å²) < 4.78 is 13.7. The zero-order valence-corrected chi connectivity index (χ0v) is 16.8. The highest BCUT2D eigenvalue weighted by Crippen LogP contribution is 2.25. The first-order valence-electron chi connectivity index (χ1n) is 9.01. The third kappa shape index (κ3) is 4.08. The van der Waals surface area contributed by atoms with Crippen molar-refractivity contribution in [2.75, 3.05) is 19.5 Å². The van der Waals surface area contributed by atoms with Crippen LogP contribution in [0.15, 0.2) is 59.4 Å². The molecule has 3 aromatic rings. The lowest BCUT2D eigenvalue weighted by molar-refractivity contribution is -0.111. The van der Waals surface area contributed by atoms with Gasteiger partial charge in [-0.25, -0.2) is 4.68 Å². The molecule has 1 N–H and O–H groups in total. The summed E-state index contributed by atoms with van der Waals surface area (Å²) in [5.41, 5.74) is 2.05. The van der Waals surface area contributed by atoms with Gasteiger partial charge in [-0.1, -0.05) is 18.2 Å². The smallest absolute Gasteiger partial charge is 0.295 e. The zero-order valence-electron chi connectivity index (χ0n) is 16.8. The molecule has 0 aliphatic heterocycles. The Balaban J connectivity index is 1.85. The SMILES string of the molecule is COc1ccc(/C=C/C(=O)Nc2c(C)n(C)n(-c3ccccc3)c2=O)c(OC)c1. The first-order valence-corrected chi connectivity index (χ1v) is 9.01. The molecular formula is C22H23N3O4. The molecule has 29 heavy (non-hydrogen) atoms. The van der Waals surface area contributed by atoms with Gasteiger partial charge in [0, 0.05) is 24.8 Å². The second kappa shape index (κ2) is 8.52. The molecule has 0 bridgehead atoms. The van der Waals surface area contributed by atoms with E-state index in [0.717, 1.165) is 11.3 Å². The van der Waals surface area contributed by atoms with E-state index >= 15 is 0 Å². The number of anilines is 1. The van der Waals surface area contributed by atoms with Gasteiger partial charge in [-0.15, -0.1) is 0 Å². The van der Waals surface area contributed by atoms with Crippen molar-refractivity contribution < 1.29 is 14.3 Å². The van der Waals surface area contributed by atoms with Crippen molar-refractivity contribution in [3.05, 3.63) is 76.2 Å². The van der Waals surface area contributed by atoms with Gasteiger partial charge in [0.05, 0.1) is 25.6 Å². The molecule has 0 aliphatic rings. The fourth-order valence-corrected chi connectivity index (χ4v) is 3.00. The molecule has 2 aromatic carbocycles. The number of benzene rings is 2. The quantitative estimate of drug-likeness (QED) is 0.653. The Morgan fingerprint density at radius 2 is 1.79 bits per heavy atom. The summed E-state index contributed by atoms with van der Waals surface area (Å²) in [5.74, 6) is 0.828. The van der Waals surface area contributed by atoms with E-state index in [-0.39, 0.29) is 11.2 Å². The predicted molar refractivity (Wildman–Crippen MR) is 113 cm³/mol. The summed E-state index contributed by atoms with van der Waals surface area (Å²) in [5, 5.41) is 2.69. The molecule has 0 atom stereocenters. The molecule has 0 spiro atoms. The molecule has 1 heterocycles. The van der Waals surface area contributed by atoms with E-state index in [1.165, 1.54) is 10.8 Å². The van der Waals surface area contributed by atoms with E-state index in [2.05, 4.69) is 5.32 Å². The number of methoxy groups -OCH3 is 2. The summed E-state index contributed by atoms with van der Waals surface area (Å²) in [4.78, 5) is 25.3. The number of aromatic nitrogens is 2. The summed E-state index contributed by atoms with van der Waals surface area (Å²) in [6.07, 6.45) is 2.99. The number of ether oxygens (including phenoxy) is 2. The Kier molecular flexibility index (Phi) is 5.87. The van der Waals surface area contributed by atoms with Crippen LogP contribution in [0.4, 0.5) is 5.69 Å². The van der Waals surface area contributed by atoms with E-state index in [0.29, 0.717) is 17.2 Å². The van der Waals surface area contributed by atoms with Crippen molar-refractivity contribution in [1.29, 1.82) is 0 Å². The Bertz CT molecular complexity index is 1110. The number of amides is 1. The maximum Gasteiger partial charge on any atom is 0.295 e. The lowest BCUT2D eigenvalue weighted by Crippen LogP contribution is -2.22. The number of nitrogens with zero attached hydrogens (tertiary/aromatic N) is 2. The number of carbonyl (C=O) groups is 1. The average molecular weight is 393 g/mol. The fraction of sp³-hybridized carbons (Fsp3) is 0.182. The van der Waals surface area contributed by atoms with E-state index in [1.807, 2.05) is 30.3 Å². The minimum absolute atomic E-state index is 0.243. The second-order valence-electron chi connectivity index (χ2n) is 6.37. The highest BCUT2D eigenvalue weighted by Gasteiger charge is 2.17. The lowest BCUT2D eigenvalue weighted by atomic mass is 10.1. The average Bonchev–Trinajstić information content (AvgIpc) is 2.95. The van der Waals surface area contributed by atoms with E-state index in [4.69, 9.17) is 9.47 Å². The number of carbonyl (C=O) groups excluding carboxylic acids is 1. The van der Waals surface area contributed by atoms with Crippen molar-refractivity contribution in [3.63, 3.8) is 0 Å². The zero-order chi connectivity index (χ0) is 21.0.